The molecule has 358 valence electrons. The van der Waals surface area contributed by atoms with Crippen molar-refractivity contribution >= 4 is 55.1 Å². The van der Waals surface area contributed by atoms with Gasteiger partial charge in [0.25, 0.3) is 0 Å². The molecule has 1 atom stereocenters. The first-order valence-corrected chi connectivity index (χ1v) is 24.4. The van der Waals surface area contributed by atoms with Gasteiger partial charge >= 0.3 is 18.2 Å². The molecule has 15 nitrogen and oxygen atoms in total. The number of nitrogens with zero attached hydrogens (tertiary/aromatic N) is 7. The van der Waals surface area contributed by atoms with E-state index in [1.807, 2.05) is 19.1 Å². The fraction of sp³-hybridized carbons (Fsp3) is 0.348. The molecule has 0 spiro atoms. The number of aromatic nitrogens is 4. The zero-order chi connectivity index (χ0) is 48.3. The molecule has 1 saturated heterocycles. The van der Waals surface area contributed by atoms with Crippen molar-refractivity contribution in [1.29, 1.82) is 0 Å². The van der Waals surface area contributed by atoms with Gasteiger partial charge in [-0.1, -0.05) is 48.0 Å². The molecule has 9 rings (SSSR count). The maximum absolute atomic E-state index is 14.5. The van der Waals surface area contributed by atoms with Crippen LogP contribution in [0.15, 0.2) is 73.2 Å². The van der Waals surface area contributed by atoms with Crippen LogP contribution in [-0.4, -0.2) is 124 Å². The molecule has 3 aliphatic rings. The third-order valence-corrected chi connectivity index (χ3v) is 14.6. The van der Waals surface area contributed by atoms with Gasteiger partial charge in [-0.3, -0.25) is 9.69 Å². The Balaban J connectivity index is 1.19. The van der Waals surface area contributed by atoms with Crippen molar-refractivity contribution in [3.8, 4) is 39.2 Å². The van der Waals surface area contributed by atoms with Gasteiger partial charge in [0.2, 0.25) is 27.9 Å². The van der Waals surface area contributed by atoms with Gasteiger partial charge in [-0.05, 0) is 64.6 Å². The predicted molar refractivity (Wildman–Crippen MR) is 245 cm³/mol. The average molecular weight is 998 g/mol. The molecule has 3 aromatic heterocycles. The molecule has 6 aromatic rings. The number of ether oxygens (including phenoxy) is 3. The summed E-state index contributed by atoms with van der Waals surface area (Å²) in [7, 11) is -3.36. The van der Waals surface area contributed by atoms with Gasteiger partial charge in [0.1, 0.15) is 35.9 Å². The zero-order valence-corrected chi connectivity index (χ0v) is 39.0. The van der Waals surface area contributed by atoms with Crippen LogP contribution in [0.2, 0.25) is 5.02 Å². The topological polar surface area (TPSA) is 177 Å². The van der Waals surface area contributed by atoms with Gasteiger partial charge in [-0.2, -0.15) is 22.5 Å². The number of halogens is 5. The summed E-state index contributed by atoms with van der Waals surface area (Å²) in [5.41, 5.74) is 4.26. The molecule has 1 fully saturated rings. The van der Waals surface area contributed by atoms with E-state index in [9.17, 15) is 40.7 Å². The minimum absolute atomic E-state index is 0.0395. The van der Waals surface area contributed by atoms with E-state index >= 15 is 0 Å². The molecule has 3 aromatic carbocycles. The van der Waals surface area contributed by atoms with Crippen molar-refractivity contribution in [3.63, 3.8) is 0 Å². The summed E-state index contributed by atoms with van der Waals surface area (Å²) in [5, 5.41) is 11.5. The predicted octanol–water partition coefficient (Wildman–Crippen LogP) is 7.36. The molecule has 1 N–H and O–H groups in total. The van der Waals surface area contributed by atoms with E-state index in [2.05, 4.69) is 24.8 Å². The number of fused-ring (bicyclic) bond motifs is 7. The van der Waals surface area contributed by atoms with Crippen LogP contribution in [0, 0.1) is 12.7 Å². The van der Waals surface area contributed by atoms with Gasteiger partial charge in [0.15, 0.2) is 0 Å². The highest BCUT2D eigenvalue weighted by Crippen LogP contribution is 2.49. The number of rotatable bonds is 12. The number of thiophene rings is 1. The maximum atomic E-state index is 14.5. The number of carbonyl (C=O) groups excluding carboxylic acids is 1. The van der Waals surface area contributed by atoms with E-state index < -0.39 is 47.1 Å². The van der Waals surface area contributed by atoms with Crippen LogP contribution in [0.1, 0.15) is 34.4 Å². The molecule has 0 radical (unpaired) electrons. The SMILES string of the molecule is Cc1c2ccc(c1Cl)CN(CCN1CCN(S(C)(=O)=O)CC1)C(=O)Cc1ccc(OCc3ccnc(OCCC(F)(F)F)n3)c(c1)C[C@H](C(=O)O)Oc1ncnc3sc(-c4ccc(F)cc4)c-2c13. The van der Waals surface area contributed by atoms with Crippen molar-refractivity contribution in [1.82, 2.24) is 34.0 Å². The summed E-state index contributed by atoms with van der Waals surface area (Å²) in [4.78, 5) is 49.7. The van der Waals surface area contributed by atoms with E-state index in [4.69, 9.17) is 25.8 Å². The van der Waals surface area contributed by atoms with E-state index in [1.54, 1.807) is 35.2 Å². The lowest BCUT2D eigenvalue weighted by Gasteiger charge is -2.34. The first-order valence-electron chi connectivity index (χ1n) is 21.3. The van der Waals surface area contributed by atoms with Crippen molar-refractivity contribution in [2.24, 2.45) is 0 Å². The number of hydrogen-bond acceptors (Lipinski definition) is 13. The fourth-order valence-corrected chi connectivity index (χ4v) is 10.2. The molecule has 1 amide bonds. The maximum Gasteiger partial charge on any atom is 0.392 e. The molecule has 6 heterocycles. The number of benzene rings is 3. The van der Waals surface area contributed by atoms with E-state index in [0.29, 0.717) is 91.8 Å². The molecule has 3 aliphatic heterocycles. The smallest absolute Gasteiger partial charge is 0.392 e. The molecular weight excluding hydrogens is 954 g/mol. The molecule has 4 bridgehead atoms. The second-order valence-electron chi connectivity index (χ2n) is 16.3. The van der Waals surface area contributed by atoms with Crippen LogP contribution >= 0.6 is 22.9 Å². The number of carboxylic acid groups (broad SMARTS) is 1. The summed E-state index contributed by atoms with van der Waals surface area (Å²) >= 11 is 8.53. The average Bonchev–Trinajstić information content (AvgIpc) is 3.68. The minimum Gasteiger partial charge on any atom is -0.487 e. The van der Waals surface area contributed by atoms with Crippen molar-refractivity contribution in [3.05, 3.63) is 112 Å². The Labute approximate surface area is 397 Å². The van der Waals surface area contributed by atoms with Gasteiger partial charge < -0.3 is 24.2 Å². The normalized spacial score (nSPS) is 16.4. The number of alkyl halides is 3. The molecular formula is C46H44ClF4N7O8S2. The van der Waals surface area contributed by atoms with Gasteiger partial charge in [-0.15, -0.1) is 11.3 Å². The standard InChI is InChI=1S/C46H44ClF4N7O8S2/c1-27-34-9-6-30(40(27)47)24-57(17-14-56-15-18-58(19-16-56)68(2,62)63)37(59)22-28-3-10-35(65-25-33-11-13-52-45(55-33)64-20-12-46(49,50)51)31(21-28)23-36(44(60)61)66-42-39-38(34)41(67-43(39)54-26-53-42)29-4-7-32(48)8-5-29/h3-11,13,21,26,36H,12,14-20,22-25H2,1-2H3,(H,60,61)/t36-/m1/s1. The molecule has 68 heavy (non-hydrogen) atoms. The van der Waals surface area contributed by atoms with Gasteiger partial charge in [0.05, 0.1) is 30.2 Å². The number of carbonyl (C=O) groups is 2. The summed E-state index contributed by atoms with van der Waals surface area (Å²) < 4.78 is 96.0. The first kappa shape index (κ1) is 48.5. The lowest BCUT2D eigenvalue weighted by Crippen LogP contribution is -2.50. The van der Waals surface area contributed by atoms with Crippen LogP contribution in [0.3, 0.4) is 0 Å². The second kappa shape index (κ2) is 20.3. The molecule has 0 aliphatic carbocycles. The fourth-order valence-electron chi connectivity index (χ4n) is 8.02. The number of carboxylic acids is 1. The van der Waals surface area contributed by atoms with Gasteiger partial charge in [-0.25, -0.2) is 32.6 Å². The minimum atomic E-state index is -4.44. The Kier molecular flexibility index (Phi) is 14.5. The van der Waals surface area contributed by atoms with Crippen LogP contribution in [0.5, 0.6) is 17.6 Å². The van der Waals surface area contributed by atoms with E-state index in [-0.39, 0.29) is 61.8 Å². The Morgan fingerprint density at radius 3 is 2.47 bits per heavy atom. The zero-order valence-electron chi connectivity index (χ0n) is 36.6. The second-order valence-corrected chi connectivity index (χ2v) is 19.7. The van der Waals surface area contributed by atoms with Crippen LogP contribution < -0.4 is 14.2 Å². The Hall–Kier alpha value is -6.00. The largest absolute Gasteiger partial charge is 0.487 e. The summed E-state index contributed by atoms with van der Waals surface area (Å²) in [5.74, 6) is -1.89. The summed E-state index contributed by atoms with van der Waals surface area (Å²) in [6.07, 6.45) is -3.87. The van der Waals surface area contributed by atoms with E-state index in [1.165, 1.54) is 52.6 Å². The molecule has 0 unspecified atom stereocenters. The summed E-state index contributed by atoms with van der Waals surface area (Å²) in [6, 6.07) is 15.7. The number of amides is 1. The Morgan fingerprint density at radius 2 is 1.75 bits per heavy atom. The highest BCUT2D eigenvalue weighted by molar-refractivity contribution is 7.88. The van der Waals surface area contributed by atoms with Crippen molar-refractivity contribution in [2.75, 3.05) is 52.1 Å². The number of aliphatic carboxylic acids is 1. The lowest BCUT2D eigenvalue weighted by molar-refractivity contribution is -0.145. The monoisotopic (exact) mass is 997 g/mol. The van der Waals surface area contributed by atoms with Gasteiger partial charge in [0, 0.05) is 73.9 Å². The quantitative estimate of drug-likeness (QED) is 0.120. The number of hydrogen-bond donors (Lipinski definition) is 1. The highest BCUT2D eigenvalue weighted by Gasteiger charge is 2.31. The third kappa shape index (κ3) is 11.5. The first-order chi connectivity index (χ1) is 32.4. The Morgan fingerprint density at radius 1 is 0.985 bits per heavy atom. The Bertz CT molecular complexity index is 2950. The van der Waals surface area contributed by atoms with Crippen LogP contribution in [-0.2, 0) is 45.6 Å². The number of sulfonamides is 1. The molecule has 0 saturated carbocycles. The van der Waals surface area contributed by atoms with Crippen LogP contribution in [0.25, 0.3) is 31.8 Å². The number of piperazine rings is 1. The van der Waals surface area contributed by atoms with Crippen molar-refractivity contribution in [2.45, 2.75) is 51.6 Å². The van der Waals surface area contributed by atoms with Crippen molar-refractivity contribution < 1.29 is 54.9 Å². The van der Waals surface area contributed by atoms with Crippen LogP contribution in [0.4, 0.5) is 17.6 Å². The molecule has 22 heteroatoms. The highest BCUT2D eigenvalue weighted by atomic mass is 35.5. The lowest BCUT2D eigenvalue weighted by atomic mass is 9.94. The van der Waals surface area contributed by atoms with E-state index in [0.717, 1.165) is 0 Å². The summed E-state index contributed by atoms with van der Waals surface area (Å²) in [6.45, 7) is 3.32. The third-order valence-electron chi connectivity index (χ3n) is 11.6.